The first-order chi connectivity index (χ1) is 10.3. The Morgan fingerprint density at radius 2 is 2.00 bits per heavy atom. The maximum Gasteiger partial charge on any atom is 0.317 e. The van der Waals surface area contributed by atoms with Crippen LogP contribution in [0.4, 0.5) is 10.5 Å². The van der Waals surface area contributed by atoms with E-state index in [1.54, 1.807) is 0 Å². The van der Waals surface area contributed by atoms with Crippen molar-refractivity contribution in [2.45, 2.75) is 12.8 Å². The number of morpholine rings is 1. The van der Waals surface area contributed by atoms with Gasteiger partial charge in [-0.05, 0) is 24.5 Å². The van der Waals surface area contributed by atoms with E-state index in [9.17, 15) is 4.79 Å². The summed E-state index contributed by atoms with van der Waals surface area (Å²) >= 11 is 0. The molecule has 0 bridgehead atoms. The molecule has 0 saturated carbocycles. The van der Waals surface area contributed by atoms with Crippen LogP contribution in [0.25, 0.3) is 0 Å². The Labute approximate surface area is 125 Å². The number of nitrogens with zero attached hydrogens (tertiary/aromatic N) is 2. The summed E-state index contributed by atoms with van der Waals surface area (Å²) in [6.45, 7) is 5.53. The molecule has 1 aromatic rings. The molecule has 1 N–H and O–H groups in total. The highest BCUT2D eigenvalue weighted by Gasteiger charge is 2.18. The Morgan fingerprint density at radius 1 is 1.19 bits per heavy atom. The van der Waals surface area contributed by atoms with Gasteiger partial charge in [-0.25, -0.2) is 4.79 Å². The number of anilines is 1. The maximum absolute atomic E-state index is 11.9. The lowest BCUT2D eigenvalue weighted by atomic mass is 10.2. The van der Waals surface area contributed by atoms with Crippen LogP contribution in [0.15, 0.2) is 24.3 Å². The molecule has 5 heteroatoms. The molecule has 0 aliphatic carbocycles. The van der Waals surface area contributed by atoms with Gasteiger partial charge in [0.1, 0.15) is 0 Å². The summed E-state index contributed by atoms with van der Waals surface area (Å²) in [5.41, 5.74) is 2.80. The number of hydrogen-bond acceptors (Lipinski definition) is 3. The normalized spacial score (nSPS) is 17.7. The highest BCUT2D eigenvalue weighted by Crippen LogP contribution is 2.27. The number of hydrogen-bond donors (Lipinski definition) is 1. The van der Waals surface area contributed by atoms with E-state index in [4.69, 9.17) is 4.74 Å². The molecular formula is C16H23N3O2. The maximum atomic E-state index is 11.9. The van der Waals surface area contributed by atoms with Crippen molar-refractivity contribution in [3.63, 3.8) is 0 Å². The first kappa shape index (κ1) is 14.2. The van der Waals surface area contributed by atoms with E-state index >= 15 is 0 Å². The first-order valence-electron chi connectivity index (χ1n) is 7.78. The Bertz CT molecular complexity index is 486. The molecular weight excluding hydrogens is 266 g/mol. The lowest BCUT2D eigenvalue weighted by molar-refractivity contribution is 0.0532. The number of para-hydroxylation sites is 1. The van der Waals surface area contributed by atoms with Gasteiger partial charge in [0.15, 0.2) is 0 Å². The van der Waals surface area contributed by atoms with Crippen LogP contribution in [-0.2, 0) is 11.2 Å². The third kappa shape index (κ3) is 3.47. The van der Waals surface area contributed by atoms with E-state index in [1.807, 2.05) is 4.90 Å². The number of rotatable bonds is 4. The van der Waals surface area contributed by atoms with Gasteiger partial charge in [0, 0.05) is 38.4 Å². The summed E-state index contributed by atoms with van der Waals surface area (Å²) in [4.78, 5) is 16.2. The van der Waals surface area contributed by atoms with E-state index in [2.05, 4.69) is 34.5 Å². The molecule has 5 nitrogen and oxygen atoms in total. The average molecular weight is 289 g/mol. The third-order valence-electron chi connectivity index (χ3n) is 4.16. The molecule has 1 saturated heterocycles. The fourth-order valence-electron chi connectivity index (χ4n) is 2.98. The molecule has 21 heavy (non-hydrogen) atoms. The molecule has 0 spiro atoms. The number of benzene rings is 1. The van der Waals surface area contributed by atoms with Crippen molar-refractivity contribution in [2.75, 3.05) is 50.8 Å². The minimum absolute atomic E-state index is 0.0418. The lowest BCUT2D eigenvalue weighted by Crippen LogP contribution is -2.46. The predicted octanol–water partition coefficient (Wildman–Crippen LogP) is 1.48. The molecule has 1 fully saturated rings. The van der Waals surface area contributed by atoms with Crippen LogP contribution in [0.2, 0.25) is 0 Å². The van der Waals surface area contributed by atoms with Crippen LogP contribution < -0.4 is 10.2 Å². The SMILES string of the molecule is O=C(NCCCN1CCc2ccccc21)N1CCOCC1. The molecule has 3 rings (SSSR count). The quantitative estimate of drug-likeness (QED) is 0.854. The van der Waals surface area contributed by atoms with Crippen LogP contribution in [-0.4, -0.2) is 56.9 Å². The first-order valence-corrected chi connectivity index (χ1v) is 7.78. The van der Waals surface area contributed by atoms with Crippen molar-refractivity contribution in [1.82, 2.24) is 10.2 Å². The van der Waals surface area contributed by atoms with E-state index < -0.39 is 0 Å². The van der Waals surface area contributed by atoms with Crippen molar-refractivity contribution < 1.29 is 9.53 Å². The van der Waals surface area contributed by atoms with Crippen molar-refractivity contribution in [2.24, 2.45) is 0 Å². The zero-order chi connectivity index (χ0) is 14.5. The summed E-state index contributed by atoms with van der Waals surface area (Å²) in [5, 5.41) is 3.01. The molecule has 2 aliphatic heterocycles. The zero-order valence-electron chi connectivity index (χ0n) is 12.4. The monoisotopic (exact) mass is 289 g/mol. The number of amides is 2. The molecule has 114 valence electrons. The van der Waals surface area contributed by atoms with Crippen LogP contribution in [0.1, 0.15) is 12.0 Å². The Kier molecular flexibility index (Phi) is 4.60. The number of ether oxygens (including phenoxy) is 1. The van der Waals surface area contributed by atoms with Gasteiger partial charge in [0.2, 0.25) is 0 Å². The second-order valence-corrected chi connectivity index (χ2v) is 5.55. The van der Waals surface area contributed by atoms with Gasteiger partial charge >= 0.3 is 6.03 Å². The Morgan fingerprint density at radius 3 is 2.86 bits per heavy atom. The van der Waals surface area contributed by atoms with Gasteiger partial charge in [0.05, 0.1) is 13.2 Å². The summed E-state index contributed by atoms with van der Waals surface area (Å²) in [7, 11) is 0. The molecule has 0 atom stereocenters. The second-order valence-electron chi connectivity index (χ2n) is 5.55. The van der Waals surface area contributed by atoms with Gasteiger partial charge in [-0.1, -0.05) is 18.2 Å². The van der Waals surface area contributed by atoms with E-state index in [0.717, 1.165) is 32.5 Å². The molecule has 1 aromatic carbocycles. The smallest absolute Gasteiger partial charge is 0.317 e. The van der Waals surface area contributed by atoms with Crippen molar-refractivity contribution in [3.8, 4) is 0 Å². The van der Waals surface area contributed by atoms with Crippen LogP contribution >= 0.6 is 0 Å². The molecule has 2 aliphatic rings. The van der Waals surface area contributed by atoms with Crippen molar-refractivity contribution >= 4 is 11.7 Å². The van der Waals surface area contributed by atoms with Crippen LogP contribution in [0.3, 0.4) is 0 Å². The van der Waals surface area contributed by atoms with Gasteiger partial charge in [-0.15, -0.1) is 0 Å². The van der Waals surface area contributed by atoms with E-state index in [0.29, 0.717) is 26.3 Å². The summed E-state index contributed by atoms with van der Waals surface area (Å²) in [6, 6.07) is 8.63. The van der Waals surface area contributed by atoms with E-state index in [1.165, 1.54) is 11.3 Å². The zero-order valence-corrected chi connectivity index (χ0v) is 12.4. The summed E-state index contributed by atoms with van der Waals surface area (Å²) < 4.78 is 5.25. The highest BCUT2D eigenvalue weighted by atomic mass is 16.5. The van der Waals surface area contributed by atoms with Crippen LogP contribution in [0.5, 0.6) is 0 Å². The van der Waals surface area contributed by atoms with Gasteiger partial charge in [-0.3, -0.25) is 0 Å². The Hall–Kier alpha value is -1.75. The second kappa shape index (κ2) is 6.80. The number of nitrogens with one attached hydrogen (secondary N) is 1. The summed E-state index contributed by atoms with van der Waals surface area (Å²) in [6.07, 6.45) is 2.11. The minimum Gasteiger partial charge on any atom is -0.378 e. The molecule has 2 amide bonds. The third-order valence-corrected chi connectivity index (χ3v) is 4.16. The minimum atomic E-state index is 0.0418. The molecule has 2 heterocycles. The molecule has 0 unspecified atom stereocenters. The molecule has 0 aromatic heterocycles. The Balaban J connectivity index is 1.38. The van der Waals surface area contributed by atoms with Crippen LogP contribution in [0, 0.1) is 0 Å². The predicted molar refractivity (Wildman–Crippen MR) is 82.8 cm³/mol. The largest absolute Gasteiger partial charge is 0.378 e. The number of fused-ring (bicyclic) bond motifs is 1. The topological polar surface area (TPSA) is 44.8 Å². The standard InChI is InChI=1S/C16H23N3O2/c20-16(19-10-12-21-13-11-19)17-7-3-8-18-9-6-14-4-1-2-5-15(14)18/h1-2,4-5H,3,6-13H2,(H,17,20). The number of urea groups is 1. The number of carbonyl (C=O) groups excluding carboxylic acids is 1. The van der Waals surface area contributed by atoms with Gasteiger partial charge in [-0.2, -0.15) is 0 Å². The lowest BCUT2D eigenvalue weighted by Gasteiger charge is -2.27. The van der Waals surface area contributed by atoms with E-state index in [-0.39, 0.29) is 6.03 Å². The van der Waals surface area contributed by atoms with Crippen molar-refractivity contribution in [1.29, 1.82) is 0 Å². The van der Waals surface area contributed by atoms with Gasteiger partial charge < -0.3 is 19.9 Å². The highest BCUT2D eigenvalue weighted by molar-refractivity contribution is 5.74. The summed E-state index contributed by atoms with van der Waals surface area (Å²) in [5.74, 6) is 0. The number of carbonyl (C=O) groups is 1. The fraction of sp³-hybridized carbons (Fsp3) is 0.562. The van der Waals surface area contributed by atoms with Crippen molar-refractivity contribution in [3.05, 3.63) is 29.8 Å². The molecule has 0 radical (unpaired) electrons. The average Bonchev–Trinajstić information content (AvgIpc) is 2.95. The van der Waals surface area contributed by atoms with Gasteiger partial charge in [0.25, 0.3) is 0 Å². The fourth-order valence-corrected chi connectivity index (χ4v) is 2.98.